The van der Waals surface area contributed by atoms with E-state index in [2.05, 4.69) is 10.3 Å². The molecule has 1 aliphatic carbocycles. The van der Waals surface area contributed by atoms with Gasteiger partial charge in [0.2, 0.25) is 0 Å². The van der Waals surface area contributed by atoms with Gasteiger partial charge < -0.3 is 10.1 Å². The Labute approximate surface area is 131 Å². The molecule has 1 N–H and O–H groups in total. The second-order valence-corrected chi connectivity index (χ2v) is 6.18. The van der Waals surface area contributed by atoms with Crippen LogP contribution in [-0.2, 0) is 6.42 Å². The number of benzene rings is 2. The summed E-state index contributed by atoms with van der Waals surface area (Å²) in [6, 6.07) is 12.6. The molecule has 1 aliphatic rings. The zero-order chi connectivity index (χ0) is 15.1. The van der Waals surface area contributed by atoms with E-state index in [0.717, 1.165) is 28.6 Å². The molecule has 0 fully saturated rings. The molecule has 1 heterocycles. The zero-order valence-electron chi connectivity index (χ0n) is 11.9. The third-order valence-electron chi connectivity index (χ3n) is 3.73. The molecule has 4 rings (SSSR count). The van der Waals surface area contributed by atoms with Gasteiger partial charge in [-0.15, -0.1) is 11.3 Å². The molecule has 0 saturated carbocycles. The lowest BCUT2D eigenvalue weighted by atomic mass is 10.1. The number of hydrogen-bond donors (Lipinski definition) is 1. The van der Waals surface area contributed by atoms with Crippen molar-refractivity contribution in [1.29, 1.82) is 0 Å². The predicted molar refractivity (Wildman–Crippen MR) is 86.6 cm³/mol. The van der Waals surface area contributed by atoms with E-state index in [4.69, 9.17) is 4.74 Å². The van der Waals surface area contributed by atoms with E-state index < -0.39 is 0 Å². The van der Waals surface area contributed by atoms with E-state index in [9.17, 15) is 4.39 Å². The summed E-state index contributed by atoms with van der Waals surface area (Å²) in [4.78, 5) is 5.82. The number of rotatable bonds is 3. The van der Waals surface area contributed by atoms with Gasteiger partial charge in [0, 0.05) is 16.9 Å². The minimum atomic E-state index is -0.275. The molecule has 0 aliphatic heterocycles. The van der Waals surface area contributed by atoms with Gasteiger partial charge in [-0.05, 0) is 35.9 Å². The highest BCUT2D eigenvalue weighted by Gasteiger charge is 2.24. The van der Waals surface area contributed by atoms with Crippen LogP contribution < -0.4 is 10.1 Å². The summed E-state index contributed by atoms with van der Waals surface area (Å²) < 4.78 is 19.0. The van der Waals surface area contributed by atoms with Crippen molar-refractivity contribution < 1.29 is 9.13 Å². The summed E-state index contributed by atoms with van der Waals surface area (Å²) in [6.07, 6.45) is 0.846. The van der Waals surface area contributed by atoms with Crippen LogP contribution in [0.15, 0.2) is 42.5 Å². The molecule has 110 valence electrons. The molecule has 0 bridgehead atoms. The number of anilines is 2. The molecule has 22 heavy (non-hydrogen) atoms. The van der Waals surface area contributed by atoms with Gasteiger partial charge in [-0.1, -0.05) is 12.1 Å². The minimum absolute atomic E-state index is 0.275. The molecular weight excluding hydrogens is 299 g/mol. The molecule has 3 nitrogen and oxygen atoms in total. The Morgan fingerprint density at radius 3 is 2.91 bits per heavy atom. The first kappa shape index (κ1) is 13.3. The number of methoxy groups -OCH3 is 1. The van der Waals surface area contributed by atoms with Crippen molar-refractivity contribution in [3.8, 4) is 17.0 Å². The summed E-state index contributed by atoms with van der Waals surface area (Å²) in [6.45, 7) is 0. The van der Waals surface area contributed by atoms with Crippen molar-refractivity contribution in [3.05, 3.63) is 58.7 Å². The summed E-state index contributed by atoms with van der Waals surface area (Å²) in [5, 5.41) is 3.78. The van der Waals surface area contributed by atoms with Crippen molar-refractivity contribution in [2.75, 3.05) is 12.4 Å². The molecular formula is C17H13FN2OS. The van der Waals surface area contributed by atoms with Gasteiger partial charge in [0.15, 0.2) is 5.13 Å². The molecule has 1 aromatic heterocycles. The average molecular weight is 312 g/mol. The maximum Gasteiger partial charge on any atom is 0.188 e. The fourth-order valence-electron chi connectivity index (χ4n) is 2.66. The van der Waals surface area contributed by atoms with Crippen LogP contribution in [-0.4, -0.2) is 12.1 Å². The second kappa shape index (κ2) is 5.10. The highest BCUT2D eigenvalue weighted by atomic mass is 32.1. The van der Waals surface area contributed by atoms with Gasteiger partial charge in [-0.2, -0.15) is 0 Å². The van der Waals surface area contributed by atoms with Crippen LogP contribution in [0.25, 0.3) is 11.3 Å². The Balaban J connectivity index is 1.67. The number of aromatic nitrogens is 1. The fourth-order valence-corrected chi connectivity index (χ4v) is 3.67. The minimum Gasteiger partial charge on any atom is -0.497 e. The van der Waals surface area contributed by atoms with Crippen LogP contribution >= 0.6 is 11.3 Å². The van der Waals surface area contributed by atoms with E-state index in [1.807, 2.05) is 18.2 Å². The first-order valence-corrected chi connectivity index (χ1v) is 7.75. The van der Waals surface area contributed by atoms with Crippen LogP contribution in [0.4, 0.5) is 15.2 Å². The standard InChI is InChI=1S/C17H13FN2OS/c1-21-11-6-7-12-10(8-11)9-15-16(12)20-17(22-15)19-14-5-3-2-4-13(14)18/h2-8H,9H2,1H3,(H,19,20). The van der Waals surface area contributed by atoms with Gasteiger partial charge in [-0.25, -0.2) is 9.37 Å². The lowest BCUT2D eigenvalue weighted by molar-refractivity contribution is 0.414. The van der Waals surface area contributed by atoms with E-state index >= 15 is 0 Å². The summed E-state index contributed by atoms with van der Waals surface area (Å²) >= 11 is 1.57. The normalized spacial score (nSPS) is 11.9. The number of hydrogen-bond acceptors (Lipinski definition) is 4. The molecule has 2 aromatic carbocycles. The van der Waals surface area contributed by atoms with Gasteiger partial charge in [0.05, 0.1) is 18.5 Å². The van der Waals surface area contributed by atoms with E-state index in [1.165, 1.54) is 16.5 Å². The maximum absolute atomic E-state index is 13.7. The van der Waals surface area contributed by atoms with Crippen molar-refractivity contribution in [2.45, 2.75) is 6.42 Å². The molecule has 0 spiro atoms. The Bertz CT molecular complexity index is 860. The highest BCUT2D eigenvalue weighted by Crippen LogP contribution is 2.42. The van der Waals surface area contributed by atoms with Crippen LogP contribution in [0.1, 0.15) is 10.4 Å². The molecule has 0 unspecified atom stereocenters. The Morgan fingerprint density at radius 1 is 1.23 bits per heavy atom. The molecule has 5 heteroatoms. The van der Waals surface area contributed by atoms with Crippen LogP contribution in [0.2, 0.25) is 0 Å². The van der Waals surface area contributed by atoms with E-state index in [0.29, 0.717) is 5.69 Å². The third kappa shape index (κ3) is 2.14. The average Bonchev–Trinajstić information content (AvgIpc) is 3.05. The maximum atomic E-state index is 13.7. The van der Waals surface area contributed by atoms with E-state index in [-0.39, 0.29) is 5.82 Å². The highest BCUT2D eigenvalue weighted by molar-refractivity contribution is 7.16. The Hall–Kier alpha value is -2.40. The van der Waals surface area contributed by atoms with Crippen molar-refractivity contribution in [3.63, 3.8) is 0 Å². The number of ether oxygens (including phenoxy) is 1. The lowest BCUT2D eigenvalue weighted by Gasteiger charge is -2.05. The van der Waals surface area contributed by atoms with Crippen LogP contribution in [0.3, 0.4) is 0 Å². The van der Waals surface area contributed by atoms with Gasteiger partial charge in [0.25, 0.3) is 0 Å². The lowest BCUT2D eigenvalue weighted by Crippen LogP contribution is -1.93. The van der Waals surface area contributed by atoms with Crippen LogP contribution in [0.5, 0.6) is 5.75 Å². The number of thiazole rings is 1. The smallest absolute Gasteiger partial charge is 0.188 e. The molecule has 0 radical (unpaired) electrons. The van der Waals surface area contributed by atoms with Crippen molar-refractivity contribution in [1.82, 2.24) is 4.98 Å². The van der Waals surface area contributed by atoms with E-state index in [1.54, 1.807) is 36.6 Å². The largest absolute Gasteiger partial charge is 0.497 e. The van der Waals surface area contributed by atoms with Crippen molar-refractivity contribution >= 4 is 22.2 Å². The number of para-hydroxylation sites is 1. The first-order valence-electron chi connectivity index (χ1n) is 6.93. The number of halogens is 1. The molecule has 0 amide bonds. The Kier molecular flexibility index (Phi) is 3.08. The van der Waals surface area contributed by atoms with Crippen molar-refractivity contribution in [2.24, 2.45) is 0 Å². The van der Waals surface area contributed by atoms with Gasteiger partial charge >= 0.3 is 0 Å². The van der Waals surface area contributed by atoms with Gasteiger partial charge in [0.1, 0.15) is 11.6 Å². The summed E-state index contributed by atoms with van der Waals surface area (Å²) in [7, 11) is 1.67. The topological polar surface area (TPSA) is 34.1 Å². The number of nitrogens with one attached hydrogen (secondary N) is 1. The molecule has 0 atom stereocenters. The summed E-state index contributed by atoms with van der Waals surface area (Å²) in [5.74, 6) is 0.585. The zero-order valence-corrected chi connectivity index (χ0v) is 12.7. The third-order valence-corrected chi connectivity index (χ3v) is 4.70. The monoisotopic (exact) mass is 312 g/mol. The second-order valence-electron chi connectivity index (χ2n) is 5.10. The predicted octanol–water partition coefficient (Wildman–Crippen LogP) is 4.61. The van der Waals surface area contributed by atoms with Crippen LogP contribution in [0, 0.1) is 5.82 Å². The number of nitrogens with zero attached hydrogens (tertiary/aromatic N) is 1. The first-order chi connectivity index (χ1) is 10.7. The Morgan fingerprint density at radius 2 is 2.09 bits per heavy atom. The van der Waals surface area contributed by atoms with Gasteiger partial charge in [-0.3, -0.25) is 0 Å². The summed E-state index contributed by atoms with van der Waals surface area (Å²) in [5.41, 5.74) is 3.80. The number of fused-ring (bicyclic) bond motifs is 3. The molecule has 3 aromatic rings. The fraction of sp³-hybridized carbons (Fsp3) is 0.118. The molecule has 0 saturated heterocycles. The SMILES string of the molecule is COc1ccc2c(c1)Cc1sc(Nc3ccccc3F)nc1-2. The quantitative estimate of drug-likeness (QED) is 0.600.